The van der Waals surface area contributed by atoms with Crippen LogP contribution in [-0.4, -0.2) is 46.2 Å². The molecule has 0 bridgehead atoms. The van der Waals surface area contributed by atoms with Crippen LogP contribution in [0.4, 0.5) is 0 Å². The summed E-state index contributed by atoms with van der Waals surface area (Å²) in [7, 11) is 0. The molecule has 0 saturated heterocycles. The van der Waals surface area contributed by atoms with Crippen molar-refractivity contribution in [3.63, 3.8) is 0 Å². The van der Waals surface area contributed by atoms with E-state index >= 15 is 0 Å². The average molecular weight is 271 g/mol. The maximum atomic E-state index is 11.4. The highest BCUT2D eigenvalue weighted by Crippen LogP contribution is 2.15. The molecule has 5 heteroatoms. The molecule has 0 aromatic rings. The third kappa shape index (κ3) is 6.96. The Morgan fingerprint density at radius 3 is 2.00 bits per heavy atom. The summed E-state index contributed by atoms with van der Waals surface area (Å²) in [5.41, 5.74) is 0.826. The molecule has 0 aromatic carbocycles. The molecule has 0 aliphatic carbocycles. The van der Waals surface area contributed by atoms with E-state index in [1.807, 2.05) is 20.8 Å². The summed E-state index contributed by atoms with van der Waals surface area (Å²) in [6.45, 7) is 11.7. The van der Waals surface area contributed by atoms with Gasteiger partial charge in [0.1, 0.15) is 6.04 Å². The second-order valence-electron chi connectivity index (χ2n) is 5.61. The van der Waals surface area contributed by atoms with Crippen LogP contribution in [0.15, 0.2) is 12.2 Å². The van der Waals surface area contributed by atoms with E-state index in [1.165, 1.54) is 0 Å². The van der Waals surface area contributed by atoms with Crippen LogP contribution in [0.3, 0.4) is 0 Å². The van der Waals surface area contributed by atoms with E-state index in [2.05, 4.69) is 6.58 Å². The van der Waals surface area contributed by atoms with Gasteiger partial charge in [-0.3, -0.25) is 14.5 Å². The normalized spacial score (nSPS) is 14.4. The average Bonchev–Trinajstić information content (AvgIpc) is 2.23. The molecule has 0 aliphatic heterocycles. The molecule has 0 rings (SSSR count). The Kier molecular flexibility index (Phi) is 7.37. The molecule has 0 radical (unpaired) electrons. The molecule has 0 aromatic heterocycles. The molecular formula is C14H25NO4. The largest absolute Gasteiger partial charge is 0.481 e. The monoisotopic (exact) mass is 271 g/mol. The molecule has 0 spiro atoms. The first kappa shape index (κ1) is 17.6. The third-order valence-electron chi connectivity index (χ3n) is 2.82. The summed E-state index contributed by atoms with van der Waals surface area (Å²) >= 11 is 0. The fourth-order valence-electron chi connectivity index (χ4n) is 1.93. The lowest BCUT2D eigenvalue weighted by molar-refractivity contribution is -0.147. The number of carboxylic acid groups (broad SMARTS) is 2. The van der Waals surface area contributed by atoms with Gasteiger partial charge in [-0.05, 0) is 19.3 Å². The van der Waals surface area contributed by atoms with Crippen molar-refractivity contribution in [3.05, 3.63) is 12.2 Å². The van der Waals surface area contributed by atoms with E-state index in [0.717, 1.165) is 5.57 Å². The fourth-order valence-corrected chi connectivity index (χ4v) is 1.93. The zero-order chi connectivity index (χ0) is 15.2. The van der Waals surface area contributed by atoms with Crippen molar-refractivity contribution in [2.75, 3.05) is 13.1 Å². The minimum absolute atomic E-state index is 0.214. The predicted molar refractivity (Wildman–Crippen MR) is 74.1 cm³/mol. The van der Waals surface area contributed by atoms with Crippen LogP contribution in [0.25, 0.3) is 0 Å². The summed E-state index contributed by atoms with van der Waals surface area (Å²) in [6, 6.07) is -0.668. The molecule has 2 unspecified atom stereocenters. The molecule has 2 atom stereocenters. The highest BCUT2D eigenvalue weighted by atomic mass is 16.4. The minimum atomic E-state index is -0.916. The maximum absolute atomic E-state index is 11.4. The van der Waals surface area contributed by atoms with Crippen LogP contribution >= 0.6 is 0 Å². The maximum Gasteiger partial charge on any atom is 0.320 e. The van der Waals surface area contributed by atoms with Gasteiger partial charge in [-0.25, -0.2) is 0 Å². The highest BCUT2D eigenvalue weighted by Gasteiger charge is 2.28. The van der Waals surface area contributed by atoms with E-state index < -0.39 is 23.9 Å². The van der Waals surface area contributed by atoms with Gasteiger partial charge < -0.3 is 10.2 Å². The Balaban J connectivity index is 5.00. The van der Waals surface area contributed by atoms with E-state index in [-0.39, 0.29) is 12.5 Å². The van der Waals surface area contributed by atoms with E-state index in [0.29, 0.717) is 13.0 Å². The van der Waals surface area contributed by atoms with Crippen LogP contribution in [0.2, 0.25) is 0 Å². The van der Waals surface area contributed by atoms with Gasteiger partial charge in [0.2, 0.25) is 0 Å². The first-order chi connectivity index (χ1) is 8.65. The molecular weight excluding hydrogens is 246 g/mol. The van der Waals surface area contributed by atoms with Gasteiger partial charge in [-0.15, -0.1) is 0 Å². The molecule has 0 heterocycles. The minimum Gasteiger partial charge on any atom is -0.481 e. The Morgan fingerprint density at radius 2 is 1.68 bits per heavy atom. The molecule has 0 aliphatic rings. The zero-order valence-electron chi connectivity index (χ0n) is 12.2. The van der Waals surface area contributed by atoms with Crippen molar-refractivity contribution < 1.29 is 19.8 Å². The summed E-state index contributed by atoms with van der Waals surface area (Å²) in [4.78, 5) is 24.0. The molecule has 0 saturated carbocycles. The lowest BCUT2D eigenvalue weighted by Gasteiger charge is -2.31. The van der Waals surface area contributed by atoms with Crippen molar-refractivity contribution >= 4 is 11.9 Å². The van der Waals surface area contributed by atoms with Gasteiger partial charge in [0, 0.05) is 13.1 Å². The second kappa shape index (κ2) is 7.94. The number of rotatable bonds is 9. The third-order valence-corrected chi connectivity index (χ3v) is 2.82. The lowest BCUT2D eigenvalue weighted by atomic mass is 10.0. The van der Waals surface area contributed by atoms with Crippen molar-refractivity contribution in [3.8, 4) is 0 Å². The highest BCUT2D eigenvalue weighted by molar-refractivity contribution is 5.74. The number of carboxylic acids is 2. The SMILES string of the molecule is C=C(C)CN(CC(C)C(=O)O)C(CC(C)C)C(=O)O. The van der Waals surface area contributed by atoms with Gasteiger partial charge in [-0.1, -0.05) is 32.9 Å². The number of hydrogen-bond acceptors (Lipinski definition) is 3. The Morgan fingerprint density at radius 1 is 1.16 bits per heavy atom. The lowest BCUT2D eigenvalue weighted by Crippen LogP contribution is -2.45. The summed E-state index contributed by atoms with van der Waals surface area (Å²) in [6.07, 6.45) is 0.495. The van der Waals surface area contributed by atoms with Crippen LogP contribution in [0.1, 0.15) is 34.1 Å². The molecule has 0 fully saturated rings. The Labute approximate surface area is 114 Å². The molecule has 0 amide bonds. The van der Waals surface area contributed by atoms with E-state index in [1.54, 1.807) is 11.8 Å². The molecule has 19 heavy (non-hydrogen) atoms. The van der Waals surface area contributed by atoms with E-state index in [9.17, 15) is 14.7 Å². The number of carbonyl (C=O) groups is 2. The summed E-state index contributed by atoms with van der Waals surface area (Å²) in [5.74, 6) is -2.20. The van der Waals surface area contributed by atoms with Gasteiger partial charge in [0.15, 0.2) is 0 Å². The van der Waals surface area contributed by atoms with E-state index in [4.69, 9.17) is 5.11 Å². The number of hydrogen-bond donors (Lipinski definition) is 2. The van der Waals surface area contributed by atoms with Crippen molar-refractivity contribution in [2.45, 2.75) is 40.2 Å². The van der Waals surface area contributed by atoms with Gasteiger partial charge >= 0.3 is 11.9 Å². The fraction of sp³-hybridized carbons (Fsp3) is 0.714. The first-order valence-electron chi connectivity index (χ1n) is 6.49. The Hall–Kier alpha value is -1.36. The second-order valence-corrected chi connectivity index (χ2v) is 5.61. The summed E-state index contributed by atoms with van der Waals surface area (Å²) in [5, 5.41) is 18.3. The van der Waals surface area contributed by atoms with Crippen LogP contribution < -0.4 is 0 Å². The smallest absolute Gasteiger partial charge is 0.320 e. The van der Waals surface area contributed by atoms with Gasteiger partial charge in [0.25, 0.3) is 0 Å². The quantitative estimate of drug-likeness (QED) is 0.628. The van der Waals surface area contributed by atoms with Crippen molar-refractivity contribution in [1.29, 1.82) is 0 Å². The standard InChI is InChI=1S/C14H25NO4/c1-9(2)6-12(14(18)19)15(7-10(3)4)8-11(5)13(16)17/h9,11-12H,3,6-8H2,1-2,4-5H3,(H,16,17)(H,18,19). The Bertz CT molecular complexity index is 338. The van der Waals surface area contributed by atoms with Crippen LogP contribution in [0.5, 0.6) is 0 Å². The van der Waals surface area contributed by atoms with Crippen molar-refractivity contribution in [1.82, 2.24) is 4.90 Å². The number of nitrogens with zero attached hydrogens (tertiary/aromatic N) is 1. The number of aliphatic carboxylic acids is 2. The topological polar surface area (TPSA) is 77.8 Å². The van der Waals surface area contributed by atoms with Crippen molar-refractivity contribution in [2.24, 2.45) is 11.8 Å². The first-order valence-corrected chi connectivity index (χ1v) is 6.49. The predicted octanol–water partition coefficient (Wildman–Crippen LogP) is 2.08. The molecule has 110 valence electrons. The van der Waals surface area contributed by atoms with Crippen LogP contribution in [-0.2, 0) is 9.59 Å². The van der Waals surface area contributed by atoms with Crippen LogP contribution in [0, 0.1) is 11.8 Å². The molecule has 5 nitrogen and oxygen atoms in total. The molecule has 2 N–H and O–H groups in total. The summed E-state index contributed by atoms with van der Waals surface area (Å²) < 4.78 is 0. The van der Waals surface area contributed by atoms with Gasteiger partial charge in [0.05, 0.1) is 5.92 Å². The van der Waals surface area contributed by atoms with Gasteiger partial charge in [-0.2, -0.15) is 0 Å². The zero-order valence-corrected chi connectivity index (χ0v) is 12.2.